The lowest BCUT2D eigenvalue weighted by molar-refractivity contribution is 0.294. The van der Waals surface area contributed by atoms with Crippen LogP contribution in [0.5, 0.6) is 5.75 Å². The molecule has 1 atom stereocenters. The fourth-order valence-electron chi connectivity index (χ4n) is 2.38. The van der Waals surface area contributed by atoms with Crippen LogP contribution in [-0.4, -0.2) is 9.78 Å². The Labute approximate surface area is 135 Å². The van der Waals surface area contributed by atoms with Crippen LogP contribution in [0.4, 0.5) is 0 Å². The maximum atomic E-state index is 5.99. The molecule has 1 aromatic carbocycles. The van der Waals surface area contributed by atoms with Crippen molar-refractivity contribution < 1.29 is 4.74 Å². The van der Waals surface area contributed by atoms with E-state index in [1.54, 1.807) is 0 Å². The third-order valence-electron chi connectivity index (χ3n) is 3.74. The molecule has 1 heterocycles. The van der Waals surface area contributed by atoms with Crippen molar-refractivity contribution >= 4 is 15.9 Å². The minimum Gasteiger partial charge on any atom is -0.487 e. The molecular weight excluding hydrogens is 328 g/mol. The summed E-state index contributed by atoms with van der Waals surface area (Å²) in [5.41, 5.74) is 4.59. The predicted molar refractivity (Wildman–Crippen MR) is 90.1 cm³/mol. The first-order valence-corrected chi connectivity index (χ1v) is 8.50. The Morgan fingerprint density at radius 3 is 2.52 bits per heavy atom. The Morgan fingerprint density at radius 2 is 1.95 bits per heavy atom. The summed E-state index contributed by atoms with van der Waals surface area (Å²) in [5, 5.41) is 5.44. The van der Waals surface area contributed by atoms with Crippen molar-refractivity contribution in [1.29, 1.82) is 0 Å². The highest BCUT2D eigenvalue weighted by atomic mass is 79.9. The highest BCUT2D eigenvalue weighted by Crippen LogP contribution is 2.26. The fourth-order valence-corrected chi connectivity index (χ4v) is 2.70. The molecule has 2 rings (SSSR count). The Morgan fingerprint density at radius 1 is 1.29 bits per heavy atom. The second-order valence-electron chi connectivity index (χ2n) is 5.53. The third kappa shape index (κ3) is 3.88. The fraction of sp³-hybridized carbons (Fsp3) is 0.471. The normalized spacial score (nSPS) is 12.4. The molecule has 114 valence electrons. The van der Waals surface area contributed by atoms with Crippen LogP contribution in [0.2, 0.25) is 0 Å². The molecule has 2 aromatic rings. The van der Waals surface area contributed by atoms with Crippen molar-refractivity contribution in [2.45, 2.75) is 52.1 Å². The molecule has 0 fully saturated rings. The van der Waals surface area contributed by atoms with Crippen molar-refractivity contribution in [1.82, 2.24) is 9.78 Å². The van der Waals surface area contributed by atoms with E-state index in [2.05, 4.69) is 60.9 Å². The van der Waals surface area contributed by atoms with Crippen molar-refractivity contribution in [2.75, 3.05) is 0 Å². The number of ether oxygens (including phenoxy) is 1. The lowest BCUT2D eigenvalue weighted by Gasteiger charge is -2.13. The Balaban J connectivity index is 2.08. The molecule has 0 saturated heterocycles. The van der Waals surface area contributed by atoms with Gasteiger partial charge in [0, 0.05) is 17.6 Å². The summed E-state index contributed by atoms with van der Waals surface area (Å²) in [6.07, 6.45) is 3.11. The van der Waals surface area contributed by atoms with E-state index < -0.39 is 0 Å². The summed E-state index contributed by atoms with van der Waals surface area (Å²) in [7, 11) is 0. The summed E-state index contributed by atoms with van der Waals surface area (Å²) >= 11 is 3.50. The van der Waals surface area contributed by atoms with E-state index in [1.165, 1.54) is 16.7 Å². The molecule has 0 N–H and O–H groups in total. The van der Waals surface area contributed by atoms with Crippen molar-refractivity contribution in [3.05, 3.63) is 46.8 Å². The molecule has 0 aliphatic heterocycles. The molecule has 0 aliphatic rings. The molecule has 0 aliphatic carbocycles. The predicted octanol–water partition coefficient (Wildman–Crippen LogP) is 4.94. The van der Waals surface area contributed by atoms with E-state index in [0.717, 1.165) is 23.2 Å². The van der Waals surface area contributed by atoms with Gasteiger partial charge < -0.3 is 4.74 Å². The molecule has 0 saturated carbocycles. The molecule has 0 bridgehead atoms. The van der Waals surface area contributed by atoms with E-state index in [4.69, 9.17) is 4.74 Å². The first-order valence-electron chi connectivity index (χ1n) is 7.38. The molecular formula is C17H23BrN2O. The van der Waals surface area contributed by atoms with E-state index in [-0.39, 0.29) is 0 Å². The van der Waals surface area contributed by atoms with Crippen LogP contribution in [0.3, 0.4) is 0 Å². The average Bonchev–Trinajstić information content (AvgIpc) is 2.94. The number of aromatic nitrogens is 2. The minimum absolute atomic E-state index is 0.431. The van der Waals surface area contributed by atoms with Gasteiger partial charge in [-0.3, -0.25) is 4.68 Å². The van der Waals surface area contributed by atoms with Gasteiger partial charge in [0.05, 0.1) is 5.69 Å². The smallest absolute Gasteiger partial charge is 0.132 e. The molecule has 4 heteroatoms. The molecule has 3 nitrogen and oxygen atoms in total. The topological polar surface area (TPSA) is 27.1 Å². The van der Waals surface area contributed by atoms with Crippen LogP contribution >= 0.6 is 15.9 Å². The van der Waals surface area contributed by atoms with Gasteiger partial charge in [0.15, 0.2) is 0 Å². The molecule has 0 radical (unpaired) electrons. The van der Waals surface area contributed by atoms with E-state index in [9.17, 15) is 0 Å². The zero-order valence-electron chi connectivity index (χ0n) is 13.2. The van der Waals surface area contributed by atoms with Crippen LogP contribution in [-0.2, 0) is 11.9 Å². The van der Waals surface area contributed by atoms with Crippen molar-refractivity contribution in [2.24, 2.45) is 0 Å². The molecule has 0 amide bonds. The largest absolute Gasteiger partial charge is 0.487 e. The first kappa shape index (κ1) is 16.1. The second kappa shape index (κ2) is 7.12. The number of rotatable bonds is 6. The van der Waals surface area contributed by atoms with E-state index in [0.29, 0.717) is 12.6 Å². The van der Waals surface area contributed by atoms with Crippen LogP contribution in [0.15, 0.2) is 24.4 Å². The first-order chi connectivity index (χ1) is 10.0. The number of alkyl halides is 1. The van der Waals surface area contributed by atoms with Gasteiger partial charge in [0.25, 0.3) is 0 Å². The number of aryl methyl sites for hydroxylation is 2. The Kier molecular flexibility index (Phi) is 5.45. The lowest BCUT2D eigenvalue weighted by atomic mass is 10.1. The maximum Gasteiger partial charge on any atom is 0.132 e. The molecule has 21 heavy (non-hydrogen) atoms. The second-order valence-corrected chi connectivity index (χ2v) is 6.09. The van der Waals surface area contributed by atoms with Gasteiger partial charge in [-0.15, -0.1) is 0 Å². The monoisotopic (exact) mass is 350 g/mol. The number of hydrogen-bond donors (Lipinski definition) is 0. The summed E-state index contributed by atoms with van der Waals surface area (Å²) in [5.74, 6) is 0.970. The van der Waals surface area contributed by atoms with Gasteiger partial charge in [0.2, 0.25) is 0 Å². The van der Waals surface area contributed by atoms with Gasteiger partial charge in [0.1, 0.15) is 12.4 Å². The Hall–Kier alpha value is -1.29. The third-order valence-corrected chi connectivity index (χ3v) is 4.39. The van der Waals surface area contributed by atoms with E-state index >= 15 is 0 Å². The van der Waals surface area contributed by atoms with Crippen LogP contribution < -0.4 is 4.74 Å². The summed E-state index contributed by atoms with van der Waals surface area (Å²) in [6, 6.07) is 6.79. The molecule has 1 aromatic heterocycles. The number of hydrogen-bond acceptors (Lipinski definition) is 2. The summed E-state index contributed by atoms with van der Waals surface area (Å²) < 4.78 is 7.99. The summed E-state index contributed by atoms with van der Waals surface area (Å²) in [6.45, 7) is 9.03. The van der Waals surface area contributed by atoms with Crippen LogP contribution in [0.1, 0.15) is 48.7 Å². The lowest BCUT2D eigenvalue weighted by Crippen LogP contribution is -2.06. The highest BCUT2D eigenvalue weighted by molar-refractivity contribution is 9.08. The minimum atomic E-state index is 0.431. The van der Waals surface area contributed by atoms with E-state index in [1.807, 2.05) is 16.9 Å². The Bertz CT molecular complexity index is 584. The van der Waals surface area contributed by atoms with Gasteiger partial charge >= 0.3 is 0 Å². The van der Waals surface area contributed by atoms with Gasteiger partial charge in [-0.1, -0.05) is 35.0 Å². The van der Waals surface area contributed by atoms with Crippen molar-refractivity contribution in [3.63, 3.8) is 0 Å². The van der Waals surface area contributed by atoms with Crippen LogP contribution in [0, 0.1) is 13.8 Å². The maximum absolute atomic E-state index is 5.99. The molecule has 0 spiro atoms. The number of benzene rings is 1. The highest BCUT2D eigenvalue weighted by Gasteiger charge is 2.09. The number of halogens is 1. The zero-order chi connectivity index (χ0) is 15.4. The molecule has 1 unspecified atom stereocenters. The SMILES string of the molecule is CCC(C)n1ccc(COc2c(C)cc(CBr)cc2C)n1. The van der Waals surface area contributed by atoms with Crippen LogP contribution in [0.25, 0.3) is 0 Å². The van der Waals surface area contributed by atoms with Crippen molar-refractivity contribution in [3.8, 4) is 5.75 Å². The van der Waals surface area contributed by atoms with Gasteiger partial charge in [-0.25, -0.2) is 0 Å². The quantitative estimate of drug-likeness (QED) is 0.689. The van der Waals surface area contributed by atoms with Gasteiger partial charge in [-0.05, 0) is 49.9 Å². The zero-order valence-corrected chi connectivity index (χ0v) is 14.8. The summed E-state index contributed by atoms with van der Waals surface area (Å²) in [4.78, 5) is 0. The standard InChI is InChI=1S/C17H23BrN2O/c1-5-14(4)20-7-6-16(19-20)11-21-17-12(2)8-15(10-18)9-13(17)3/h6-9,14H,5,10-11H2,1-4H3. The average molecular weight is 351 g/mol. The number of nitrogens with zero attached hydrogens (tertiary/aromatic N) is 2. The van der Waals surface area contributed by atoms with Gasteiger partial charge in [-0.2, -0.15) is 5.10 Å².